The summed E-state index contributed by atoms with van der Waals surface area (Å²) in [5, 5.41) is 11.6. The predicted molar refractivity (Wildman–Crippen MR) is 72.5 cm³/mol. The molecule has 0 spiro atoms. The van der Waals surface area contributed by atoms with Crippen LogP contribution >= 0.6 is 0 Å². The molecule has 2 heterocycles. The smallest absolute Gasteiger partial charge is 0.276 e. The molecule has 0 aliphatic carbocycles. The number of allylic oxidation sites excluding steroid dienone is 1. The number of carbonyl (C=O) groups excluding carboxylic acids is 1. The number of hydrogen-bond acceptors (Lipinski definition) is 5. The number of aliphatic hydroxyl groups is 1. The minimum Gasteiger partial charge on any atom is -0.394 e. The molecule has 1 saturated heterocycles. The molecule has 0 aromatic carbocycles. The Morgan fingerprint density at radius 1 is 1.70 bits per heavy atom. The van der Waals surface area contributed by atoms with E-state index in [4.69, 9.17) is 15.6 Å². The first kappa shape index (κ1) is 14.5. The summed E-state index contributed by atoms with van der Waals surface area (Å²) in [6.45, 7) is 1.94. The van der Waals surface area contributed by atoms with Gasteiger partial charge in [-0.25, -0.2) is 4.98 Å². The van der Waals surface area contributed by atoms with Crippen LogP contribution in [0.3, 0.4) is 0 Å². The van der Waals surface area contributed by atoms with Crippen molar-refractivity contribution in [3.63, 3.8) is 0 Å². The number of hydrogen-bond donors (Lipinski definition) is 3. The second-order valence-corrected chi connectivity index (χ2v) is 4.70. The molecule has 1 amide bonds. The SMILES string of the molecule is CC/C=C(\N)NC(=O)c1cn([C@H]2CCC(CO)O2)cn1. The molecular weight excluding hydrogens is 260 g/mol. The van der Waals surface area contributed by atoms with E-state index in [-0.39, 0.29) is 30.5 Å². The zero-order valence-electron chi connectivity index (χ0n) is 11.5. The van der Waals surface area contributed by atoms with E-state index in [1.807, 2.05) is 6.92 Å². The van der Waals surface area contributed by atoms with Crippen LogP contribution in [-0.2, 0) is 4.74 Å². The Kier molecular flexibility index (Phi) is 4.75. The molecular formula is C13H20N4O3. The summed E-state index contributed by atoms with van der Waals surface area (Å²) < 4.78 is 7.35. The Hall–Kier alpha value is -1.86. The van der Waals surface area contributed by atoms with Gasteiger partial charge in [-0.15, -0.1) is 0 Å². The molecule has 4 N–H and O–H groups in total. The number of aromatic nitrogens is 2. The quantitative estimate of drug-likeness (QED) is 0.728. The number of imidazole rings is 1. The topological polar surface area (TPSA) is 102 Å². The van der Waals surface area contributed by atoms with Gasteiger partial charge in [0.05, 0.1) is 24.9 Å². The normalized spacial score (nSPS) is 23.0. The lowest BCUT2D eigenvalue weighted by Gasteiger charge is -2.12. The molecule has 110 valence electrons. The van der Waals surface area contributed by atoms with Gasteiger partial charge in [-0.3, -0.25) is 4.79 Å². The molecule has 1 aliphatic rings. The van der Waals surface area contributed by atoms with Crippen LogP contribution in [0.2, 0.25) is 0 Å². The Morgan fingerprint density at radius 3 is 3.15 bits per heavy atom. The summed E-state index contributed by atoms with van der Waals surface area (Å²) in [6.07, 6.45) is 6.93. The van der Waals surface area contributed by atoms with Gasteiger partial charge in [0.25, 0.3) is 5.91 Å². The number of nitrogens with one attached hydrogen (secondary N) is 1. The van der Waals surface area contributed by atoms with Crippen LogP contribution in [-0.4, -0.2) is 33.3 Å². The number of rotatable bonds is 5. The summed E-state index contributed by atoms with van der Waals surface area (Å²) in [4.78, 5) is 15.9. The number of carbonyl (C=O) groups is 1. The molecule has 7 nitrogen and oxygen atoms in total. The molecule has 7 heteroatoms. The lowest BCUT2D eigenvalue weighted by Crippen LogP contribution is -2.27. The van der Waals surface area contributed by atoms with Gasteiger partial charge < -0.3 is 25.5 Å². The molecule has 20 heavy (non-hydrogen) atoms. The number of amides is 1. The number of nitrogens with two attached hydrogens (primary N) is 1. The first-order valence-electron chi connectivity index (χ1n) is 6.70. The molecule has 2 atom stereocenters. The summed E-state index contributed by atoms with van der Waals surface area (Å²) in [6, 6.07) is 0. The van der Waals surface area contributed by atoms with Crippen molar-refractivity contribution >= 4 is 5.91 Å². The molecule has 0 radical (unpaired) electrons. The fourth-order valence-corrected chi connectivity index (χ4v) is 2.12. The van der Waals surface area contributed by atoms with Crippen molar-refractivity contribution in [2.24, 2.45) is 5.73 Å². The van der Waals surface area contributed by atoms with E-state index < -0.39 is 0 Å². The van der Waals surface area contributed by atoms with Crippen LogP contribution in [0.1, 0.15) is 42.9 Å². The van der Waals surface area contributed by atoms with E-state index in [9.17, 15) is 4.79 Å². The van der Waals surface area contributed by atoms with E-state index in [1.165, 1.54) is 0 Å². The van der Waals surface area contributed by atoms with E-state index in [0.717, 1.165) is 19.3 Å². The Balaban J connectivity index is 1.98. The van der Waals surface area contributed by atoms with Crippen LogP contribution in [0.5, 0.6) is 0 Å². The highest BCUT2D eigenvalue weighted by atomic mass is 16.5. The van der Waals surface area contributed by atoms with Gasteiger partial charge in [0, 0.05) is 6.20 Å². The third kappa shape index (κ3) is 3.37. The van der Waals surface area contributed by atoms with Gasteiger partial charge in [0.15, 0.2) is 0 Å². The second-order valence-electron chi connectivity index (χ2n) is 4.70. The standard InChI is InChI=1S/C13H20N4O3/c1-2-3-11(14)16-13(19)10-6-17(8-15-10)12-5-4-9(7-18)20-12/h3,6,8-9,12,18H,2,4-5,7,14H2,1H3,(H,16,19)/b11-3+/t9?,12-/m1/s1. The number of nitrogens with zero attached hydrogens (tertiary/aromatic N) is 2. The third-order valence-corrected chi connectivity index (χ3v) is 3.14. The van der Waals surface area contributed by atoms with Crippen molar-refractivity contribution in [2.45, 2.75) is 38.5 Å². The van der Waals surface area contributed by atoms with Crippen molar-refractivity contribution in [3.8, 4) is 0 Å². The maximum Gasteiger partial charge on any atom is 0.276 e. The zero-order chi connectivity index (χ0) is 14.5. The van der Waals surface area contributed by atoms with Crippen LogP contribution < -0.4 is 11.1 Å². The van der Waals surface area contributed by atoms with E-state index in [1.54, 1.807) is 23.2 Å². The van der Waals surface area contributed by atoms with Crippen molar-refractivity contribution in [2.75, 3.05) is 6.61 Å². The summed E-state index contributed by atoms with van der Waals surface area (Å²) in [5.74, 6) is -0.0211. The highest BCUT2D eigenvalue weighted by Crippen LogP contribution is 2.27. The molecule has 0 bridgehead atoms. The average molecular weight is 280 g/mol. The second kappa shape index (κ2) is 6.53. The minimum atomic E-state index is -0.345. The highest BCUT2D eigenvalue weighted by molar-refractivity contribution is 5.93. The van der Waals surface area contributed by atoms with Crippen LogP contribution in [0.25, 0.3) is 0 Å². The first-order valence-corrected chi connectivity index (χ1v) is 6.70. The monoisotopic (exact) mass is 280 g/mol. The highest BCUT2D eigenvalue weighted by Gasteiger charge is 2.26. The largest absolute Gasteiger partial charge is 0.394 e. The van der Waals surface area contributed by atoms with Crippen molar-refractivity contribution in [1.82, 2.24) is 14.9 Å². The lowest BCUT2D eigenvalue weighted by atomic mass is 10.2. The molecule has 1 unspecified atom stereocenters. The van der Waals surface area contributed by atoms with Crippen molar-refractivity contribution in [3.05, 3.63) is 30.1 Å². The van der Waals surface area contributed by atoms with Crippen LogP contribution in [0, 0.1) is 0 Å². The third-order valence-electron chi connectivity index (χ3n) is 3.14. The Morgan fingerprint density at radius 2 is 2.50 bits per heavy atom. The average Bonchev–Trinajstić information content (AvgIpc) is 3.07. The summed E-state index contributed by atoms with van der Waals surface area (Å²) in [7, 11) is 0. The Labute approximate surface area is 117 Å². The number of aliphatic hydroxyl groups excluding tert-OH is 1. The van der Waals surface area contributed by atoms with Gasteiger partial charge in [0.1, 0.15) is 11.9 Å². The van der Waals surface area contributed by atoms with Gasteiger partial charge in [-0.2, -0.15) is 0 Å². The molecule has 1 fully saturated rings. The molecule has 1 aromatic heterocycles. The van der Waals surface area contributed by atoms with E-state index in [0.29, 0.717) is 5.82 Å². The first-order chi connectivity index (χ1) is 9.63. The maximum atomic E-state index is 11.9. The predicted octanol–water partition coefficient (Wildman–Crippen LogP) is 0.493. The summed E-state index contributed by atoms with van der Waals surface area (Å²) >= 11 is 0. The zero-order valence-corrected chi connectivity index (χ0v) is 11.5. The van der Waals surface area contributed by atoms with Gasteiger partial charge in [-0.05, 0) is 25.3 Å². The Bertz CT molecular complexity index is 498. The van der Waals surface area contributed by atoms with Crippen molar-refractivity contribution < 1.29 is 14.6 Å². The van der Waals surface area contributed by atoms with Crippen molar-refractivity contribution in [1.29, 1.82) is 0 Å². The molecule has 0 saturated carbocycles. The van der Waals surface area contributed by atoms with Gasteiger partial charge in [-0.1, -0.05) is 6.92 Å². The molecule has 1 aromatic rings. The van der Waals surface area contributed by atoms with Crippen LogP contribution in [0.4, 0.5) is 0 Å². The van der Waals surface area contributed by atoms with Gasteiger partial charge >= 0.3 is 0 Å². The molecule has 2 rings (SSSR count). The fraction of sp³-hybridized carbons (Fsp3) is 0.538. The van der Waals surface area contributed by atoms with Gasteiger partial charge in [0.2, 0.25) is 0 Å². The van der Waals surface area contributed by atoms with Crippen LogP contribution in [0.15, 0.2) is 24.4 Å². The molecule has 1 aliphatic heterocycles. The fourth-order valence-electron chi connectivity index (χ4n) is 2.12. The van der Waals surface area contributed by atoms with E-state index >= 15 is 0 Å². The van der Waals surface area contributed by atoms with E-state index in [2.05, 4.69) is 10.3 Å². The summed E-state index contributed by atoms with van der Waals surface area (Å²) in [5.41, 5.74) is 5.92. The number of ether oxygens (including phenoxy) is 1. The lowest BCUT2D eigenvalue weighted by molar-refractivity contribution is -0.0224. The minimum absolute atomic E-state index is 0.0108. The maximum absolute atomic E-state index is 11.9.